The summed E-state index contributed by atoms with van der Waals surface area (Å²) in [5, 5.41) is 21.9. The highest BCUT2D eigenvalue weighted by molar-refractivity contribution is 5.85. The monoisotopic (exact) mass is 478 g/mol. The lowest BCUT2D eigenvalue weighted by Gasteiger charge is -2.30. The fourth-order valence-corrected chi connectivity index (χ4v) is 4.64. The van der Waals surface area contributed by atoms with E-state index in [0.29, 0.717) is 16.9 Å². The van der Waals surface area contributed by atoms with Crippen LogP contribution in [0.15, 0.2) is 22.1 Å². The maximum absolute atomic E-state index is 12.4. The Morgan fingerprint density at radius 1 is 1.20 bits per heavy atom. The molecule has 3 saturated carbocycles. The molecule has 0 bridgehead atoms. The Balaban J connectivity index is 1.24. The molecule has 0 aromatic carbocycles. The molecular formula is C24H30N8O3. The first-order valence-corrected chi connectivity index (χ1v) is 12.4. The topological polar surface area (TPSA) is 153 Å². The van der Waals surface area contributed by atoms with Crippen LogP contribution in [0.3, 0.4) is 0 Å². The first-order valence-electron chi connectivity index (χ1n) is 12.4. The number of rotatable bonds is 6. The van der Waals surface area contributed by atoms with Gasteiger partial charge in [-0.2, -0.15) is 9.61 Å². The lowest BCUT2D eigenvalue weighted by Crippen LogP contribution is -2.42. The van der Waals surface area contributed by atoms with Crippen LogP contribution in [0.4, 0.5) is 5.82 Å². The molecule has 3 heterocycles. The van der Waals surface area contributed by atoms with Crippen LogP contribution in [0.25, 0.3) is 11.7 Å². The van der Waals surface area contributed by atoms with E-state index in [4.69, 9.17) is 9.98 Å². The first-order chi connectivity index (χ1) is 16.9. The van der Waals surface area contributed by atoms with Gasteiger partial charge < -0.3 is 20.7 Å². The van der Waals surface area contributed by atoms with Crippen molar-refractivity contribution in [2.75, 3.05) is 5.32 Å². The Kier molecular flexibility index (Phi) is 5.15. The number of hydrogen-bond donors (Lipinski definition) is 5. The summed E-state index contributed by atoms with van der Waals surface area (Å²) >= 11 is 0. The quantitative estimate of drug-likeness (QED) is 0.352. The Morgan fingerprint density at radius 2 is 1.94 bits per heavy atom. The number of carbonyl (C=O) groups excluding carboxylic acids is 1. The third-order valence-electron chi connectivity index (χ3n) is 7.34. The number of anilines is 1. The number of nitrogens with one attached hydrogen (secondary N) is 4. The SMILES string of the molecule is CC1(C(=O)NC2CCC(Nc3cc(=NC4CC4)n4nc/c(=C/c5[nH]c(=O)[nH]c5O)c4n3)CC2)CC1. The number of aromatic amines is 2. The van der Waals surface area contributed by atoms with Crippen molar-refractivity contribution in [1.29, 1.82) is 0 Å². The van der Waals surface area contributed by atoms with E-state index < -0.39 is 5.69 Å². The zero-order valence-corrected chi connectivity index (χ0v) is 19.7. The van der Waals surface area contributed by atoms with Crippen LogP contribution < -0.4 is 27.0 Å². The molecule has 0 atom stereocenters. The summed E-state index contributed by atoms with van der Waals surface area (Å²) in [4.78, 5) is 38.4. The highest BCUT2D eigenvalue weighted by Gasteiger charge is 2.45. The lowest BCUT2D eigenvalue weighted by molar-refractivity contribution is -0.126. The normalized spacial score (nSPS) is 24.6. The zero-order valence-electron chi connectivity index (χ0n) is 19.7. The van der Waals surface area contributed by atoms with E-state index >= 15 is 0 Å². The molecule has 3 aliphatic rings. The maximum atomic E-state index is 12.4. The molecule has 0 unspecified atom stereocenters. The van der Waals surface area contributed by atoms with E-state index in [2.05, 4.69) is 25.7 Å². The Hall–Kier alpha value is -3.63. The Labute approximate surface area is 200 Å². The summed E-state index contributed by atoms with van der Waals surface area (Å²) in [5.74, 6) is 0.689. The minimum Gasteiger partial charge on any atom is -0.493 e. The molecule has 0 spiro atoms. The third-order valence-corrected chi connectivity index (χ3v) is 7.34. The minimum atomic E-state index is -0.483. The van der Waals surface area contributed by atoms with E-state index in [1.165, 1.54) is 0 Å². The van der Waals surface area contributed by atoms with E-state index in [1.54, 1.807) is 16.8 Å². The Bertz CT molecular complexity index is 1450. The number of H-pyrrole nitrogens is 2. The van der Waals surface area contributed by atoms with Crippen LogP contribution in [0.1, 0.15) is 64.0 Å². The van der Waals surface area contributed by atoms with Crippen LogP contribution in [0.5, 0.6) is 5.88 Å². The van der Waals surface area contributed by atoms with Crippen LogP contribution in [0.2, 0.25) is 0 Å². The van der Waals surface area contributed by atoms with Crippen molar-refractivity contribution in [3.05, 3.63) is 39.1 Å². The number of imidazole rings is 1. The largest absolute Gasteiger partial charge is 0.493 e. The molecule has 3 aromatic rings. The predicted octanol–water partition coefficient (Wildman–Crippen LogP) is 0.702. The number of nitrogens with zero attached hydrogens (tertiary/aromatic N) is 4. The van der Waals surface area contributed by atoms with Crippen molar-refractivity contribution in [3.8, 4) is 5.88 Å². The molecule has 1 amide bonds. The summed E-state index contributed by atoms with van der Waals surface area (Å²) in [6, 6.07) is 2.73. The molecule has 0 saturated heterocycles. The lowest BCUT2D eigenvalue weighted by atomic mass is 9.90. The molecule has 0 radical (unpaired) electrons. The summed E-state index contributed by atoms with van der Waals surface area (Å²) in [6.07, 6.45) is 11.2. The van der Waals surface area contributed by atoms with Crippen molar-refractivity contribution in [1.82, 2.24) is 29.9 Å². The number of hydrogen-bond acceptors (Lipinski definition) is 7. The summed E-state index contributed by atoms with van der Waals surface area (Å²) in [5.41, 5.74) is 0.966. The van der Waals surface area contributed by atoms with Gasteiger partial charge in [0.25, 0.3) is 0 Å². The predicted molar refractivity (Wildman–Crippen MR) is 129 cm³/mol. The van der Waals surface area contributed by atoms with Gasteiger partial charge in [0.05, 0.1) is 12.2 Å². The fraction of sp³-hybridized carbons (Fsp3) is 0.542. The van der Waals surface area contributed by atoms with Gasteiger partial charge in [0.15, 0.2) is 11.1 Å². The van der Waals surface area contributed by atoms with Crippen molar-refractivity contribution in [2.24, 2.45) is 10.4 Å². The number of amides is 1. The van der Waals surface area contributed by atoms with Crippen molar-refractivity contribution in [2.45, 2.75) is 76.4 Å². The third kappa shape index (κ3) is 4.54. The molecule has 35 heavy (non-hydrogen) atoms. The summed E-state index contributed by atoms with van der Waals surface area (Å²) in [6.45, 7) is 2.04. The molecule has 3 aromatic heterocycles. The molecule has 5 N–H and O–H groups in total. The average Bonchev–Trinajstić information content (AvgIpc) is 3.73. The second kappa shape index (κ2) is 8.24. The maximum Gasteiger partial charge on any atom is 0.326 e. The molecule has 0 aliphatic heterocycles. The molecular weight excluding hydrogens is 448 g/mol. The second-order valence-electron chi connectivity index (χ2n) is 10.4. The minimum absolute atomic E-state index is 0.139. The number of carbonyl (C=O) groups is 1. The van der Waals surface area contributed by atoms with Gasteiger partial charge in [-0.3, -0.25) is 14.8 Å². The second-order valence-corrected chi connectivity index (χ2v) is 10.4. The molecule has 11 nitrogen and oxygen atoms in total. The molecule has 184 valence electrons. The van der Waals surface area contributed by atoms with E-state index in [0.717, 1.165) is 62.7 Å². The van der Waals surface area contributed by atoms with Gasteiger partial charge in [-0.05, 0) is 57.4 Å². The van der Waals surface area contributed by atoms with Gasteiger partial charge in [-0.15, -0.1) is 0 Å². The van der Waals surface area contributed by atoms with E-state index in [9.17, 15) is 14.7 Å². The van der Waals surface area contributed by atoms with Crippen molar-refractivity contribution in [3.63, 3.8) is 0 Å². The number of aromatic nitrogens is 5. The summed E-state index contributed by atoms with van der Waals surface area (Å²) < 4.78 is 1.70. The fourth-order valence-electron chi connectivity index (χ4n) is 4.64. The van der Waals surface area contributed by atoms with Crippen LogP contribution in [0, 0.1) is 5.41 Å². The van der Waals surface area contributed by atoms with Gasteiger partial charge in [0, 0.05) is 28.8 Å². The first kappa shape index (κ1) is 21.9. The smallest absolute Gasteiger partial charge is 0.326 e. The molecule has 6 rings (SSSR count). The van der Waals surface area contributed by atoms with Crippen molar-refractivity contribution >= 4 is 23.4 Å². The molecule has 3 fully saturated rings. The van der Waals surface area contributed by atoms with E-state index in [-0.39, 0.29) is 35.0 Å². The van der Waals surface area contributed by atoms with Gasteiger partial charge in [0.1, 0.15) is 11.5 Å². The highest BCUT2D eigenvalue weighted by Crippen LogP contribution is 2.45. The van der Waals surface area contributed by atoms with Gasteiger partial charge >= 0.3 is 5.69 Å². The highest BCUT2D eigenvalue weighted by atomic mass is 16.3. The number of fused-ring (bicyclic) bond motifs is 1. The van der Waals surface area contributed by atoms with Crippen LogP contribution in [-0.4, -0.2) is 53.7 Å². The van der Waals surface area contributed by atoms with Gasteiger partial charge in [-0.25, -0.2) is 9.78 Å². The summed E-state index contributed by atoms with van der Waals surface area (Å²) in [7, 11) is 0. The Morgan fingerprint density at radius 3 is 2.60 bits per heavy atom. The standard InChI is InChI=1S/C24H30N8O3/c1-24(8-9-24)22(34)28-16-6-2-14(3-7-16)26-18-11-19(27-15-4-5-15)32-20(30-18)13(12-25-32)10-17-21(33)31-23(35)29-17/h10-12,14-16,26,33H,2-9H2,1H3,(H,28,34)(H2,29,31,35)/b13-10-,27-19?. The zero-order chi connectivity index (χ0) is 24.2. The van der Waals surface area contributed by atoms with Crippen LogP contribution >= 0.6 is 0 Å². The van der Waals surface area contributed by atoms with Gasteiger partial charge in [-0.1, -0.05) is 6.92 Å². The van der Waals surface area contributed by atoms with Gasteiger partial charge in [0.2, 0.25) is 11.8 Å². The van der Waals surface area contributed by atoms with Crippen LogP contribution in [-0.2, 0) is 4.79 Å². The van der Waals surface area contributed by atoms with Crippen molar-refractivity contribution < 1.29 is 9.90 Å². The van der Waals surface area contributed by atoms with E-state index in [1.807, 2.05) is 13.0 Å². The number of aromatic hydroxyl groups is 1. The molecule has 3 aliphatic carbocycles. The molecule has 11 heteroatoms. The average molecular weight is 479 g/mol.